The average molecular weight is 330 g/mol. The van der Waals surface area contributed by atoms with Crippen LogP contribution in [-0.4, -0.2) is 41.9 Å². The molecule has 0 unspecified atom stereocenters. The molecule has 8 nitrogen and oxygen atoms in total. The van der Waals surface area contributed by atoms with E-state index < -0.39 is 23.5 Å². The van der Waals surface area contributed by atoms with Crippen LogP contribution in [0, 0.1) is 13.8 Å². The molecule has 3 N–H and O–H groups in total. The molecule has 0 spiro atoms. The Morgan fingerprint density at radius 3 is 2.50 bits per heavy atom. The number of aliphatic hydroxyl groups is 2. The third kappa shape index (κ3) is 2.70. The number of aryl methyl sites for hydroxylation is 2. The lowest BCUT2D eigenvalue weighted by molar-refractivity contribution is 0.0215. The Morgan fingerprint density at radius 1 is 1.17 bits per heavy atom. The van der Waals surface area contributed by atoms with Crippen molar-refractivity contribution >= 4 is 11.0 Å². The van der Waals surface area contributed by atoms with Gasteiger partial charge in [0, 0.05) is 0 Å². The second-order valence-corrected chi connectivity index (χ2v) is 6.00. The monoisotopic (exact) mass is 330 g/mol. The molecule has 0 fully saturated rings. The van der Waals surface area contributed by atoms with Gasteiger partial charge in [0.25, 0.3) is 5.56 Å². The smallest absolute Gasteiger partial charge is 0.349 e. The van der Waals surface area contributed by atoms with E-state index in [9.17, 15) is 19.8 Å². The zero-order chi connectivity index (χ0) is 17.6. The Kier molecular flexibility index (Phi) is 3.94. The second-order valence-electron chi connectivity index (χ2n) is 6.00. The second kappa shape index (κ2) is 5.81. The first-order valence-corrected chi connectivity index (χ1v) is 7.56. The standard InChI is InChI=1S/C16H18N4O4/c1-7-4-10-11(5-8(7)2)20(6-12(22)9(3)21)14-13(17-10)15(23)19-16(24)18-14/h4-5,9,12,21-22H,6H2,1-3H3,(H,19,23,24)/t9-,12+/m1/s1. The maximum Gasteiger partial charge on any atom is 0.349 e. The van der Waals surface area contributed by atoms with Gasteiger partial charge in [-0.1, -0.05) is 0 Å². The highest BCUT2D eigenvalue weighted by Crippen LogP contribution is 2.24. The van der Waals surface area contributed by atoms with Gasteiger partial charge in [0.2, 0.25) is 0 Å². The Balaban J connectivity index is 2.43. The van der Waals surface area contributed by atoms with Gasteiger partial charge in [0.1, 0.15) is 0 Å². The van der Waals surface area contributed by atoms with Crippen LogP contribution in [0.5, 0.6) is 0 Å². The highest BCUT2D eigenvalue weighted by atomic mass is 16.3. The largest absolute Gasteiger partial charge is 0.391 e. The van der Waals surface area contributed by atoms with Gasteiger partial charge in [-0.3, -0.25) is 9.78 Å². The van der Waals surface area contributed by atoms with Crippen LogP contribution in [0.15, 0.2) is 21.7 Å². The summed E-state index contributed by atoms with van der Waals surface area (Å²) in [5.74, 6) is 0.0826. The topological polar surface area (TPSA) is 121 Å². The number of hydrogen-bond donors (Lipinski definition) is 3. The van der Waals surface area contributed by atoms with Crippen LogP contribution in [0.3, 0.4) is 0 Å². The predicted molar refractivity (Wildman–Crippen MR) is 88.2 cm³/mol. The van der Waals surface area contributed by atoms with Crippen molar-refractivity contribution in [3.05, 3.63) is 44.1 Å². The van der Waals surface area contributed by atoms with E-state index >= 15 is 0 Å². The number of nitrogens with one attached hydrogen (secondary N) is 1. The van der Waals surface area contributed by atoms with Gasteiger partial charge in [-0.25, -0.2) is 9.78 Å². The van der Waals surface area contributed by atoms with Gasteiger partial charge in [-0.15, -0.1) is 0 Å². The zero-order valence-electron chi connectivity index (χ0n) is 13.6. The molecule has 24 heavy (non-hydrogen) atoms. The summed E-state index contributed by atoms with van der Waals surface area (Å²) in [6.45, 7) is 5.30. The molecule has 3 rings (SSSR count). The summed E-state index contributed by atoms with van der Waals surface area (Å²) >= 11 is 0. The van der Waals surface area contributed by atoms with Gasteiger partial charge in [0.05, 0.1) is 29.8 Å². The number of aromatic nitrogens is 4. The summed E-state index contributed by atoms with van der Waals surface area (Å²) in [5.41, 5.74) is 1.78. The van der Waals surface area contributed by atoms with Crippen LogP contribution in [0.1, 0.15) is 18.1 Å². The number of aliphatic hydroxyl groups excluding tert-OH is 2. The fourth-order valence-corrected chi connectivity index (χ4v) is 2.57. The molecule has 0 bridgehead atoms. The quantitative estimate of drug-likeness (QED) is 0.579. The van der Waals surface area contributed by atoms with Crippen LogP contribution in [-0.2, 0) is 6.54 Å². The first-order chi connectivity index (χ1) is 11.3. The van der Waals surface area contributed by atoms with Gasteiger partial charge in [0.15, 0.2) is 11.5 Å². The van der Waals surface area contributed by atoms with Crippen molar-refractivity contribution in [2.45, 2.75) is 39.5 Å². The zero-order valence-corrected chi connectivity index (χ0v) is 13.6. The molecule has 126 valence electrons. The maximum atomic E-state index is 12.1. The minimum atomic E-state index is -1.08. The van der Waals surface area contributed by atoms with E-state index in [0.29, 0.717) is 11.0 Å². The van der Waals surface area contributed by atoms with Crippen LogP contribution in [0.2, 0.25) is 0 Å². The maximum absolute atomic E-state index is 12.1. The molecule has 0 amide bonds. The molecule has 0 aliphatic carbocycles. The predicted octanol–water partition coefficient (Wildman–Crippen LogP) is -0.0569. The van der Waals surface area contributed by atoms with E-state index in [4.69, 9.17) is 0 Å². The lowest BCUT2D eigenvalue weighted by Crippen LogP contribution is -2.33. The number of rotatable bonds is 3. The first kappa shape index (κ1) is 16.3. The molecule has 0 saturated carbocycles. The van der Waals surface area contributed by atoms with Crippen LogP contribution < -0.4 is 11.2 Å². The van der Waals surface area contributed by atoms with Crippen molar-refractivity contribution in [1.29, 1.82) is 0 Å². The number of benzene rings is 1. The number of nitrogens with zero attached hydrogens (tertiary/aromatic N) is 3. The minimum Gasteiger partial charge on any atom is -0.391 e. The van der Waals surface area contributed by atoms with E-state index in [2.05, 4.69) is 15.0 Å². The first-order valence-electron chi connectivity index (χ1n) is 7.56. The summed E-state index contributed by atoms with van der Waals surface area (Å²) in [5, 5.41) is 19.7. The lowest BCUT2D eigenvalue weighted by atomic mass is 10.1. The lowest BCUT2D eigenvalue weighted by Gasteiger charge is -2.21. The fraction of sp³-hybridized carbons (Fsp3) is 0.375. The summed E-state index contributed by atoms with van der Waals surface area (Å²) in [7, 11) is 0. The van der Waals surface area contributed by atoms with E-state index in [1.165, 1.54) is 6.92 Å². The van der Waals surface area contributed by atoms with Crippen LogP contribution in [0.4, 0.5) is 0 Å². The van der Waals surface area contributed by atoms with Gasteiger partial charge in [-0.05, 0) is 44.0 Å². The van der Waals surface area contributed by atoms with Gasteiger partial charge in [-0.2, -0.15) is 4.98 Å². The molecule has 8 heteroatoms. The van der Waals surface area contributed by atoms with Crippen molar-refractivity contribution in [3.63, 3.8) is 0 Å². The van der Waals surface area contributed by atoms with Crippen LogP contribution in [0.25, 0.3) is 22.6 Å². The highest BCUT2D eigenvalue weighted by Gasteiger charge is 2.22. The third-order valence-electron chi connectivity index (χ3n) is 4.15. The van der Waals surface area contributed by atoms with Gasteiger partial charge < -0.3 is 14.8 Å². The Bertz CT molecular complexity index is 1010. The van der Waals surface area contributed by atoms with Crippen molar-refractivity contribution in [3.8, 4) is 11.5 Å². The number of aromatic amines is 1. The molecule has 1 aromatic rings. The molecule has 2 heterocycles. The van der Waals surface area contributed by atoms with E-state index in [0.717, 1.165) is 11.1 Å². The summed E-state index contributed by atoms with van der Waals surface area (Å²) < 4.78 is 1.55. The van der Waals surface area contributed by atoms with Crippen molar-refractivity contribution in [1.82, 2.24) is 19.5 Å². The Hall–Kier alpha value is -2.58. The molecule has 0 radical (unpaired) electrons. The van der Waals surface area contributed by atoms with Gasteiger partial charge >= 0.3 is 5.69 Å². The molecular weight excluding hydrogens is 312 g/mol. The third-order valence-corrected chi connectivity index (χ3v) is 4.15. The SMILES string of the molecule is Cc1cc2nc3c(=O)[nH]c(=O)nc-3n(C[C@H](O)[C@@H](C)O)c2cc1C. The van der Waals surface area contributed by atoms with Crippen molar-refractivity contribution < 1.29 is 10.2 Å². The normalized spacial score (nSPS) is 14.2. The van der Waals surface area contributed by atoms with Crippen molar-refractivity contribution in [2.75, 3.05) is 0 Å². The Labute approximate surface area is 136 Å². The molecule has 2 aliphatic heterocycles. The summed E-state index contributed by atoms with van der Waals surface area (Å²) in [6.07, 6.45) is -2.06. The average Bonchev–Trinajstić information content (AvgIpc) is 2.49. The molecule has 2 aliphatic rings. The van der Waals surface area contributed by atoms with E-state index in [1.807, 2.05) is 26.0 Å². The Morgan fingerprint density at radius 2 is 1.83 bits per heavy atom. The molecule has 1 aromatic carbocycles. The highest BCUT2D eigenvalue weighted by molar-refractivity contribution is 5.81. The van der Waals surface area contributed by atoms with Crippen molar-refractivity contribution in [2.24, 2.45) is 0 Å². The van der Waals surface area contributed by atoms with E-state index in [-0.39, 0.29) is 18.1 Å². The van der Waals surface area contributed by atoms with Crippen LogP contribution >= 0.6 is 0 Å². The molecule has 0 saturated heterocycles. The summed E-state index contributed by atoms with van der Waals surface area (Å²) in [4.78, 5) is 34.0. The fourth-order valence-electron chi connectivity index (χ4n) is 2.57. The van der Waals surface area contributed by atoms with E-state index in [1.54, 1.807) is 4.57 Å². The molecule has 0 aromatic heterocycles. The molecule has 2 atom stereocenters. The number of fused-ring (bicyclic) bond motifs is 2. The number of H-pyrrole nitrogens is 1. The minimum absolute atomic E-state index is 0.0168. The number of hydrogen-bond acceptors (Lipinski definition) is 6. The molecular formula is C16H18N4O4. The summed E-state index contributed by atoms with van der Waals surface area (Å²) in [6, 6.07) is 3.69.